The predicted molar refractivity (Wildman–Crippen MR) is 110 cm³/mol. The highest BCUT2D eigenvalue weighted by molar-refractivity contribution is 5.43. The van der Waals surface area contributed by atoms with Gasteiger partial charge in [0.25, 0.3) is 0 Å². The largest absolute Gasteiger partial charge is 0.494 e. The second kappa shape index (κ2) is 7.03. The van der Waals surface area contributed by atoms with E-state index in [-0.39, 0.29) is 5.54 Å². The molecule has 2 aromatic rings. The summed E-state index contributed by atoms with van der Waals surface area (Å²) in [6.45, 7) is 9.38. The van der Waals surface area contributed by atoms with Crippen LogP contribution in [-0.4, -0.2) is 47.9 Å². The second-order valence-electron chi connectivity index (χ2n) is 8.63. The molecule has 148 valence electrons. The van der Waals surface area contributed by atoms with Gasteiger partial charge in [0, 0.05) is 32.4 Å². The molecule has 1 saturated heterocycles. The molecule has 0 N–H and O–H groups in total. The van der Waals surface area contributed by atoms with E-state index in [9.17, 15) is 0 Å². The van der Waals surface area contributed by atoms with Crippen molar-refractivity contribution < 1.29 is 4.74 Å². The first-order chi connectivity index (χ1) is 13.7. The lowest BCUT2D eigenvalue weighted by Gasteiger charge is -2.42. The SMILES string of the molecule is CCOc1cccc(C2(N3CCN(c4cccnn4)CC3)C3CC(C)CC32)c1. The zero-order chi connectivity index (χ0) is 19.1. The van der Waals surface area contributed by atoms with Gasteiger partial charge in [-0.3, -0.25) is 4.90 Å². The molecule has 1 aromatic carbocycles. The molecule has 3 aliphatic rings. The highest BCUT2D eigenvalue weighted by Crippen LogP contribution is 2.70. The Morgan fingerprint density at radius 2 is 1.86 bits per heavy atom. The van der Waals surface area contributed by atoms with Crippen molar-refractivity contribution in [2.24, 2.45) is 17.8 Å². The molecule has 2 heterocycles. The molecule has 0 radical (unpaired) electrons. The molecular weight excluding hydrogens is 348 g/mol. The first-order valence-electron chi connectivity index (χ1n) is 10.7. The minimum Gasteiger partial charge on any atom is -0.494 e. The number of benzene rings is 1. The van der Waals surface area contributed by atoms with Crippen molar-refractivity contribution in [2.45, 2.75) is 32.2 Å². The summed E-state index contributed by atoms with van der Waals surface area (Å²) in [6, 6.07) is 12.9. The van der Waals surface area contributed by atoms with Crippen molar-refractivity contribution in [1.29, 1.82) is 0 Å². The molecule has 5 nitrogen and oxygen atoms in total. The quantitative estimate of drug-likeness (QED) is 0.796. The van der Waals surface area contributed by atoms with E-state index in [1.807, 2.05) is 6.07 Å². The number of nitrogens with zero attached hydrogens (tertiary/aromatic N) is 4. The molecule has 1 aliphatic heterocycles. The smallest absolute Gasteiger partial charge is 0.151 e. The average molecular weight is 379 g/mol. The van der Waals surface area contributed by atoms with Gasteiger partial charge in [-0.05, 0) is 67.3 Å². The van der Waals surface area contributed by atoms with Crippen LogP contribution in [0.3, 0.4) is 0 Å². The molecule has 3 fully saturated rings. The van der Waals surface area contributed by atoms with Crippen LogP contribution in [0.25, 0.3) is 0 Å². The molecule has 0 spiro atoms. The second-order valence-corrected chi connectivity index (χ2v) is 8.63. The zero-order valence-electron chi connectivity index (χ0n) is 16.9. The summed E-state index contributed by atoms with van der Waals surface area (Å²) >= 11 is 0. The molecule has 5 heteroatoms. The summed E-state index contributed by atoms with van der Waals surface area (Å²) < 4.78 is 5.83. The molecule has 5 rings (SSSR count). The molecule has 2 saturated carbocycles. The highest BCUT2D eigenvalue weighted by atomic mass is 16.5. The summed E-state index contributed by atoms with van der Waals surface area (Å²) in [7, 11) is 0. The Balaban J connectivity index is 1.40. The molecule has 28 heavy (non-hydrogen) atoms. The maximum Gasteiger partial charge on any atom is 0.151 e. The van der Waals surface area contributed by atoms with E-state index in [4.69, 9.17) is 4.74 Å². The molecule has 2 aliphatic carbocycles. The monoisotopic (exact) mass is 378 g/mol. The van der Waals surface area contributed by atoms with Gasteiger partial charge in [0.05, 0.1) is 12.1 Å². The Hall–Kier alpha value is -2.14. The third kappa shape index (κ3) is 2.79. The Bertz CT molecular complexity index is 806. The van der Waals surface area contributed by atoms with E-state index in [0.717, 1.165) is 62.1 Å². The topological polar surface area (TPSA) is 41.5 Å². The Kier molecular flexibility index (Phi) is 4.50. The fourth-order valence-electron chi connectivity index (χ4n) is 6.02. The third-order valence-corrected chi connectivity index (χ3v) is 7.11. The van der Waals surface area contributed by atoms with Crippen LogP contribution in [0.4, 0.5) is 5.82 Å². The van der Waals surface area contributed by atoms with E-state index < -0.39 is 0 Å². The molecule has 2 unspecified atom stereocenters. The van der Waals surface area contributed by atoms with Crippen LogP contribution >= 0.6 is 0 Å². The Morgan fingerprint density at radius 1 is 1.07 bits per heavy atom. The molecule has 1 aromatic heterocycles. The molecule has 0 bridgehead atoms. The summed E-state index contributed by atoms with van der Waals surface area (Å²) in [5, 5.41) is 8.35. The van der Waals surface area contributed by atoms with Crippen LogP contribution in [0.2, 0.25) is 0 Å². The summed E-state index contributed by atoms with van der Waals surface area (Å²) in [5.41, 5.74) is 1.68. The predicted octanol–water partition coefficient (Wildman–Crippen LogP) is 3.57. The van der Waals surface area contributed by atoms with E-state index >= 15 is 0 Å². The number of hydrogen-bond acceptors (Lipinski definition) is 5. The summed E-state index contributed by atoms with van der Waals surface area (Å²) in [6.07, 6.45) is 4.45. The fourth-order valence-corrected chi connectivity index (χ4v) is 6.02. The Morgan fingerprint density at radius 3 is 2.54 bits per heavy atom. The minimum absolute atomic E-state index is 0.216. The van der Waals surface area contributed by atoms with Crippen molar-refractivity contribution in [2.75, 3.05) is 37.7 Å². The minimum atomic E-state index is 0.216. The lowest BCUT2D eigenvalue weighted by atomic mass is 9.89. The fraction of sp³-hybridized carbons (Fsp3) is 0.565. The lowest BCUT2D eigenvalue weighted by Crippen LogP contribution is -2.52. The lowest BCUT2D eigenvalue weighted by molar-refractivity contribution is 0.124. The van der Waals surface area contributed by atoms with Crippen LogP contribution < -0.4 is 9.64 Å². The van der Waals surface area contributed by atoms with Crippen molar-refractivity contribution in [3.8, 4) is 5.75 Å². The van der Waals surface area contributed by atoms with Gasteiger partial charge in [-0.15, -0.1) is 5.10 Å². The van der Waals surface area contributed by atoms with Crippen molar-refractivity contribution >= 4 is 5.82 Å². The number of rotatable bonds is 5. The van der Waals surface area contributed by atoms with Crippen LogP contribution in [0, 0.1) is 17.8 Å². The number of fused-ring (bicyclic) bond motifs is 1. The van der Waals surface area contributed by atoms with Gasteiger partial charge in [-0.1, -0.05) is 19.1 Å². The van der Waals surface area contributed by atoms with Crippen LogP contribution in [0.1, 0.15) is 32.3 Å². The van der Waals surface area contributed by atoms with Crippen LogP contribution in [-0.2, 0) is 5.54 Å². The standard InChI is InChI=1S/C23H30N4O/c1-3-28-19-7-4-6-18(16-19)23(20-14-17(2)15-21(20)23)27-12-10-26(11-13-27)22-8-5-9-24-25-22/h4-9,16-17,20-21H,3,10-15H2,1-2H3. The van der Waals surface area contributed by atoms with E-state index in [1.165, 1.54) is 18.4 Å². The number of piperazine rings is 1. The number of anilines is 1. The average Bonchev–Trinajstić information content (AvgIpc) is 3.16. The number of hydrogen-bond donors (Lipinski definition) is 0. The molecular formula is C23H30N4O. The van der Waals surface area contributed by atoms with Crippen molar-refractivity contribution in [3.63, 3.8) is 0 Å². The third-order valence-electron chi connectivity index (χ3n) is 7.11. The van der Waals surface area contributed by atoms with Crippen LogP contribution in [0.15, 0.2) is 42.6 Å². The maximum atomic E-state index is 5.83. The number of aromatic nitrogens is 2. The first kappa shape index (κ1) is 17.9. The molecule has 2 atom stereocenters. The maximum absolute atomic E-state index is 5.83. The van der Waals surface area contributed by atoms with Gasteiger partial charge in [0.1, 0.15) is 5.75 Å². The van der Waals surface area contributed by atoms with Crippen molar-refractivity contribution in [3.05, 3.63) is 48.2 Å². The normalized spacial score (nSPS) is 32.2. The van der Waals surface area contributed by atoms with Gasteiger partial charge in [-0.2, -0.15) is 5.10 Å². The summed E-state index contributed by atoms with van der Waals surface area (Å²) in [4.78, 5) is 5.14. The summed E-state index contributed by atoms with van der Waals surface area (Å²) in [5.74, 6) is 4.46. The van der Waals surface area contributed by atoms with E-state index in [0.29, 0.717) is 0 Å². The van der Waals surface area contributed by atoms with Crippen LogP contribution in [0.5, 0.6) is 5.75 Å². The Labute approximate surface area is 167 Å². The van der Waals surface area contributed by atoms with Gasteiger partial charge in [-0.25, -0.2) is 0 Å². The first-order valence-corrected chi connectivity index (χ1v) is 10.7. The van der Waals surface area contributed by atoms with E-state index in [2.05, 4.69) is 64.2 Å². The number of ether oxygens (including phenoxy) is 1. The van der Waals surface area contributed by atoms with E-state index in [1.54, 1.807) is 6.20 Å². The zero-order valence-corrected chi connectivity index (χ0v) is 16.9. The van der Waals surface area contributed by atoms with Gasteiger partial charge >= 0.3 is 0 Å². The highest BCUT2D eigenvalue weighted by Gasteiger charge is 2.70. The van der Waals surface area contributed by atoms with Gasteiger partial charge in [0.2, 0.25) is 0 Å². The van der Waals surface area contributed by atoms with Gasteiger partial charge < -0.3 is 9.64 Å². The molecule has 0 amide bonds. The van der Waals surface area contributed by atoms with Gasteiger partial charge in [0.15, 0.2) is 5.82 Å². The van der Waals surface area contributed by atoms with Crippen molar-refractivity contribution in [1.82, 2.24) is 15.1 Å².